The van der Waals surface area contributed by atoms with Crippen molar-refractivity contribution in [1.29, 1.82) is 0 Å². The van der Waals surface area contributed by atoms with Gasteiger partial charge in [-0.15, -0.1) is 0 Å². The van der Waals surface area contributed by atoms with Crippen molar-refractivity contribution in [1.82, 2.24) is 0 Å². The molecule has 4 rings (SSSR count). The van der Waals surface area contributed by atoms with E-state index in [4.69, 9.17) is 11.6 Å². The Morgan fingerprint density at radius 3 is 2.41 bits per heavy atom. The van der Waals surface area contributed by atoms with Crippen molar-refractivity contribution in [3.63, 3.8) is 0 Å². The maximum atomic E-state index is 13.2. The number of Topliss-reactive ketones (excluding diaryl/α,β-unsaturated/α-hetero) is 1. The zero-order valence-electron chi connectivity index (χ0n) is 14.7. The number of nitrogens with zero attached hydrogens (tertiary/aromatic N) is 3. The number of hydrogen-bond acceptors (Lipinski definition) is 5. The number of hydrazone groups is 1. The van der Waals surface area contributed by atoms with Crippen molar-refractivity contribution in [2.45, 2.75) is 19.9 Å². The van der Waals surface area contributed by atoms with Gasteiger partial charge in [-0.05, 0) is 36.8 Å². The highest BCUT2D eigenvalue weighted by atomic mass is 35.5. The number of amides is 2. The van der Waals surface area contributed by atoms with Crippen LogP contribution in [0.3, 0.4) is 0 Å². The van der Waals surface area contributed by atoms with E-state index in [1.54, 1.807) is 48.5 Å². The van der Waals surface area contributed by atoms with Crippen LogP contribution in [0.25, 0.3) is 0 Å². The summed E-state index contributed by atoms with van der Waals surface area (Å²) in [4.78, 5) is 39.5. The van der Waals surface area contributed by atoms with Gasteiger partial charge in [0.1, 0.15) is 17.7 Å². The molecule has 27 heavy (non-hydrogen) atoms. The van der Waals surface area contributed by atoms with E-state index >= 15 is 0 Å². The lowest BCUT2D eigenvalue weighted by Crippen LogP contribution is -2.39. The van der Waals surface area contributed by atoms with Gasteiger partial charge in [0, 0.05) is 11.9 Å². The summed E-state index contributed by atoms with van der Waals surface area (Å²) >= 11 is 6.22. The van der Waals surface area contributed by atoms with Crippen LogP contribution in [0.5, 0.6) is 0 Å². The minimum Gasteiger partial charge on any atom is -0.293 e. The number of benzene rings is 2. The van der Waals surface area contributed by atoms with Gasteiger partial charge in [-0.3, -0.25) is 19.4 Å². The molecule has 2 aromatic rings. The predicted octanol–water partition coefficient (Wildman–Crippen LogP) is 2.97. The highest BCUT2D eigenvalue weighted by Crippen LogP contribution is 2.39. The minimum absolute atomic E-state index is 0.0937. The minimum atomic E-state index is -0.923. The van der Waals surface area contributed by atoms with Gasteiger partial charge >= 0.3 is 0 Å². The van der Waals surface area contributed by atoms with E-state index in [1.807, 2.05) is 6.92 Å². The van der Waals surface area contributed by atoms with Gasteiger partial charge in [-0.2, -0.15) is 5.10 Å². The molecule has 2 aromatic carbocycles. The van der Waals surface area contributed by atoms with Gasteiger partial charge < -0.3 is 0 Å². The largest absolute Gasteiger partial charge is 0.293 e. The molecular weight excluding hydrogens is 366 g/mol. The van der Waals surface area contributed by atoms with Crippen LogP contribution in [-0.4, -0.2) is 29.4 Å². The maximum absolute atomic E-state index is 13.2. The van der Waals surface area contributed by atoms with Crippen molar-refractivity contribution >= 4 is 46.3 Å². The number of hydrogen-bond donors (Lipinski definition) is 0. The first-order valence-corrected chi connectivity index (χ1v) is 8.86. The average Bonchev–Trinajstić information content (AvgIpc) is 3.16. The number of ketones is 1. The van der Waals surface area contributed by atoms with Crippen molar-refractivity contribution < 1.29 is 14.4 Å². The fourth-order valence-electron chi connectivity index (χ4n) is 3.58. The topological polar surface area (TPSA) is 70.1 Å². The fourth-order valence-corrected chi connectivity index (χ4v) is 3.75. The van der Waals surface area contributed by atoms with Crippen LogP contribution in [0.1, 0.15) is 12.5 Å². The molecule has 2 aliphatic heterocycles. The lowest BCUT2D eigenvalue weighted by molar-refractivity contribution is -0.122. The number of halogens is 1. The Morgan fingerprint density at radius 2 is 1.74 bits per heavy atom. The lowest BCUT2D eigenvalue weighted by atomic mass is 9.95. The van der Waals surface area contributed by atoms with E-state index in [-0.39, 0.29) is 11.5 Å². The van der Waals surface area contributed by atoms with Crippen LogP contribution in [-0.2, 0) is 14.4 Å². The third kappa shape index (κ3) is 2.56. The molecule has 0 radical (unpaired) electrons. The van der Waals surface area contributed by atoms with Gasteiger partial charge in [0.05, 0.1) is 11.4 Å². The van der Waals surface area contributed by atoms with E-state index < -0.39 is 23.8 Å². The molecule has 2 amide bonds. The fraction of sp³-hybridized carbons (Fsp3) is 0.200. The second kappa shape index (κ2) is 6.32. The zero-order valence-corrected chi connectivity index (χ0v) is 15.5. The van der Waals surface area contributed by atoms with E-state index in [0.717, 1.165) is 10.5 Å². The first-order valence-electron chi connectivity index (χ1n) is 8.48. The molecule has 2 atom stereocenters. The molecule has 2 heterocycles. The quantitative estimate of drug-likeness (QED) is 0.766. The smallest absolute Gasteiger partial charge is 0.259 e. The van der Waals surface area contributed by atoms with Crippen LogP contribution < -0.4 is 9.91 Å². The van der Waals surface area contributed by atoms with Crippen molar-refractivity contribution in [3.8, 4) is 0 Å². The average molecular weight is 382 g/mol. The molecular formula is C20H16ClN3O3. The van der Waals surface area contributed by atoms with Crippen LogP contribution in [0.2, 0.25) is 5.02 Å². The standard InChI is InChI=1S/C20H16ClN3O3/c1-11-14(21)9-6-10-15(11)24-18-16(17(22-24)12(2)25)19(26)23(20(18)27)13-7-4-3-5-8-13/h3-10,16,18H,1-2H3/t16-,18+/m0/s1. The first kappa shape index (κ1) is 17.4. The van der Waals surface area contributed by atoms with Gasteiger partial charge in [-0.25, -0.2) is 4.90 Å². The molecule has 0 unspecified atom stereocenters. The number of fused-ring (bicyclic) bond motifs is 1. The molecule has 6 nitrogen and oxygen atoms in total. The van der Waals surface area contributed by atoms with Gasteiger partial charge in [0.25, 0.3) is 5.91 Å². The van der Waals surface area contributed by atoms with Gasteiger partial charge in [0.15, 0.2) is 5.78 Å². The number of rotatable bonds is 3. The number of anilines is 2. The molecule has 0 spiro atoms. The summed E-state index contributed by atoms with van der Waals surface area (Å²) in [5.41, 5.74) is 1.90. The highest BCUT2D eigenvalue weighted by Gasteiger charge is 2.58. The molecule has 0 aliphatic carbocycles. The molecule has 1 saturated heterocycles. The molecule has 0 N–H and O–H groups in total. The summed E-state index contributed by atoms with van der Waals surface area (Å²) in [5.74, 6) is -2.10. The third-order valence-electron chi connectivity index (χ3n) is 4.91. The normalized spacial score (nSPS) is 21.5. The summed E-state index contributed by atoms with van der Waals surface area (Å²) in [6.45, 7) is 3.16. The van der Waals surface area contributed by atoms with Crippen LogP contribution >= 0.6 is 11.6 Å². The highest BCUT2D eigenvalue weighted by molar-refractivity contribution is 6.49. The lowest BCUT2D eigenvalue weighted by Gasteiger charge is -2.24. The monoisotopic (exact) mass is 381 g/mol. The molecule has 1 fully saturated rings. The Bertz CT molecular complexity index is 1000. The van der Waals surface area contributed by atoms with E-state index in [0.29, 0.717) is 16.4 Å². The number of carbonyl (C=O) groups excluding carboxylic acids is 3. The van der Waals surface area contributed by atoms with Crippen LogP contribution in [0.15, 0.2) is 53.6 Å². The van der Waals surface area contributed by atoms with E-state index in [2.05, 4.69) is 5.10 Å². The Kier molecular flexibility index (Phi) is 4.08. The van der Waals surface area contributed by atoms with Crippen LogP contribution in [0.4, 0.5) is 11.4 Å². The number of para-hydroxylation sites is 1. The zero-order chi connectivity index (χ0) is 19.3. The maximum Gasteiger partial charge on any atom is 0.259 e. The summed E-state index contributed by atoms with van der Waals surface area (Å²) in [6.07, 6.45) is 0. The summed E-state index contributed by atoms with van der Waals surface area (Å²) in [5, 5.41) is 6.33. The molecule has 0 aromatic heterocycles. The summed E-state index contributed by atoms with van der Waals surface area (Å²) in [7, 11) is 0. The molecule has 0 saturated carbocycles. The molecule has 2 aliphatic rings. The predicted molar refractivity (Wildman–Crippen MR) is 103 cm³/mol. The van der Waals surface area contributed by atoms with Crippen molar-refractivity contribution in [3.05, 3.63) is 59.1 Å². The van der Waals surface area contributed by atoms with E-state index in [9.17, 15) is 14.4 Å². The molecule has 136 valence electrons. The Balaban J connectivity index is 1.85. The Labute approximate surface area is 161 Å². The second-order valence-corrected chi connectivity index (χ2v) is 6.95. The van der Waals surface area contributed by atoms with E-state index in [1.165, 1.54) is 11.9 Å². The number of imide groups is 1. The summed E-state index contributed by atoms with van der Waals surface area (Å²) in [6, 6.07) is 13.1. The second-order valence-electron chi connectivity index (χ2n) is 6.54. The third-order valence-corrected chi connectivity index (χ3v) is 5.32. The SMILES string of the molecule is CC(=O)C1=NN(c2cccc(Cl)c2C)[C@H]2C(=O)N(c3ccccc3)C(=O)[C@@H]12. The Hall–Kier alpha value is -2.99. The van der Waals surface area contributed by atoms with Gasteiger partial charge in [0.2, 0.25) is 5.91 Å². The van der Waals surface area contributed by atoms with Gasteiger partial charge in [-0.1, -0.05) is 35.9 Å². The Morgan fingerprint density at radius 1 is 1.04 bits per heavy atom. The van der Waals surface area contributed by atoms with Crippen molar-refractivity contribution in [2.75, 3.05) is 9.91 Å². The van der Waals surface area contributed by atoms with Crippen molar-refractivity contribution in [2.24, 2.45) is 11.0 Å². The van der Waals surface area contributed by atoms with Crippen LogP contribution in [0, 0.1) is 12.8 Å². The molecule has 7 heteroatoms. The molecule has 0 bridgehead atoms. The first-order chi connectivity index (χ1) is 12.9. The summed E-state index contributed by atoms with van der Waals surface area (Å²) < 4.78 is 0. The number of carbonyl (C=O) groups is 3.